The van der Waals surface area contributed by atoms with Crippen LogP contribution < -0.4 is 31.8 Å². The van der Waals surface area contributed by atoms with Crippen LogP contribution in [-0.4, -0.2) is 20.0 Å². The van der Waals surface area contributed by atoms with E-state index in [1.165, 1.54) is 30.0 Å². The van der Waals surface area contributed by atoms with Gasteiger partial charge in [0.1, 0.15) is 0 Å². The Hall–Kier alpha value is -1.20. The lowest BCUT2D eigenvalue weighted by atomic mass is 10.5. The maximum Gasteiger partial charge on any atom is 0.514 e. The topological polar surface area (TPSA) is 79.2 Å². The molecule has 0 atom stereocenters. The molecule has 0 radical (unpaired) electrons. The molecule has 0 aromatic carbocycles. The fourth-order valence-electron chi connectivity index (χ4n) is 0.767. The van der Waals surface area contributed by atoms with Crippen LogP contribution in [0.1, 0.15) is 0 Å². The number of rotatable bonds is 2. The maximum absolute atomic E-state index is 11.9. The number of carbonyl (C=O) groups is 1. The minimum Gasteiger partial charge on any atom is -1.00 e. The first kappa shape index (κ1) is 16.8. The van der Waals surface area contributed by atoms with Crippen molar-refractivity contribution in [1.82, 2.24) is 10.3 Å². The normalized spacial score (nSPS) is 11.5. The molecular formula is C7H7BrF3N3O3S. The minimum atomic E-state index is -5.60. The highest BCUT2D eigenvalue weighted by atomic mass is 79.9. The van der Waals surface area contributed by atoms with Gasteiger partial charge in [-0.15, -0.1) is 5.43 Å². The summed E-state index contributed by atoms with van der Waals surface area (Å²) in [6, 6.07) is 3.39. The van der Waals surface area contributed by atoms with Gasteiger partial charge in [0.15, 0.2) is 0 Å². The van der Waals surface area contributed by atoms with Gasteiger partial charge in [-0.25, -0.2) is 0 Å². The van der Waals surface area contributed by atoms with Gasteiger partial charge < -0.3 is 17.0 Å². The standard InChI is InChI=1S/C7H6F3N3O3S.BrH/c8-7(9,10)17(15,16)12-11-6(14)13-4-2-1-3-5-13;/h1-5,12H;1H. The smallest absolute Gasteiger partial charge is 0.514 e. The van der Waals surface area contributed by atoms with Gasteiger partial charge in [-0.2, -0.15) is 31.0 Å². The predicted octanol–water partition coefficient (Wildman–Crippen LogP) is -3.11. The highest BCUT2D eigenvalue weighted by molar-refractivity contribution is 7.90. The first-order chi connectivity index (χ1) is 7.74. The summed E-state index contributed by atoms with van der Waals surface area (Å²) in [4.78, 5) is 12.1. The zero-order valence-corrected chi connectivity index (χ0v) is 10.9. The van der Waals surface area contributed by atoms with E-state index in [9.17, 15) is 26.4 Å². The second-order valence-electron chi connectivity index (χ2n) is 2.76. The second kappa shape index (κ2) is 6.11. The molecule has 0 aliphatic rings. The van der Waals surface area contributed by atoms with Crippen molar-refractivity contribution in [3.63, 3.8) is 0 Å². The Balaban J connectivity index is 0.00000289. The Labute approximate surface area is 111 Å². The van der Waals surface area contributed by atoms with Gasteiger partial charge in [0, 0.05) is 0 Å². The third kappa shape index (κ3) is 4.23. The number of nitrogens with one attached hydrogen (secondary N) is 2. The summed E-state index contributed by atoms with van der Waals surface area (Å²) in [6.45, 7) is 0. The Morgan fingerprint density at radius 1 is 1.11 bits per heavy atom. The summed E-state index contributed by atoms with van der Waals surface area (Å²) in [6.07, 6.45) is 2.47. The number of sulfonamides is 1. The summed E-state index contributed by atoms with van der Waals surface area (Å²) in [5.41, 5.74) is -4.07. The third-order valence-electron chi connectivity index (χ3n) is 1.55. The molecule has 18 heavy (non-hydrogen) atoms. The second-order valence-corrected chi connectivity index (χ2v) is 4.44. The molecule has 2 N–H and O–H groups in total. The molecule has 1 aromatic rings. The van der Waals surface area contributed by atoms with E-state index >= 15 is 0 Å². The number of hydrazine groups is 1. The molecule has 11 heteroatoms. The molecule has 0 aliphatic carbocycles. The van der Waals surface area contributed by atoms with Crippen LogP contribution in [0.5, 0.6) is 0 Å². The van der Waals surface area contributed by atoms with E-state index in [0.717, 1.165) is 9.40 Å². The van der Waals surface area contributed by atoms with Crippen LogP contribution in [0.3, 0.4) is 0 Å². The number of hydrogen-bond acceptors (Lipinski definition) is 3. The van der Waals surface area contributed by atoms with Crippen molar-refractivity contribution in [2.24, 2.45) is 0 Å². The van der Waals surface area contributed by atoms with Crippen LogP contribution in [0, 0.1) is 0 Å². The molecule has 102 valence electrons. The number of nitrogens with zero attached hydrogens (tertiary/aromatic N) is 1. The first-order valence-corrected chi connectivity index (χ1v) is 5.57. The molecule has 0 spiro atoms. The van der Waals surface area contributed by atoms with E-state index in [1.807, 2.05) is 0 Å². The number of pyridine rings is 1. The average molecular weight is 350 g/mol. The van der Waals surface area contributed by atoms with Crippen LogP contribution in [-0.2, 0) is 10.0 Å². The van der Waals surface area contributed by atoms with Crippen molar-refractivity contribution in [2.75, 3.05) is 0 Å². The van der Waals surface area contributed by atoms with Gasteiger partial charge in [0.25, 0.3) is 0 Å². The SMILES string of the molecule is O=C(NNS(=O)(=O)C(F)(F)F)[n+]1ccccc1.[Br-]. The minimum absolute atomic E-state index is 0. The summed E-state index contributed by atoms with van der Waals surface area (Å²) in [5, 5.41) is 0. The van der Waals surface area contributed by atoms with Gasteiger partial charge in [-0.05, 0) is 17.0 Å². The summed E-state index contributed by atoms with van der Waals surface area (Å²) >= 11 is 0. The van der Waals surface area contributed by atoms with E-state index < -0.39 is 21.6 Å². The van der Waals surface area contributed by atoms with Crippen LogP contribution in [0.15, 0.2) is 30.6 Å². The highest BCUT2D eigenvalue weighted by Crippen LogP contribution is 2.20. The van der Waals surface area contributed by atoms with Crippen LogP contribution in [0.25, 0.3) is 0 Å². The Kier molecular flexibility index (Phi) is 5.70. The largest absolute Gasteiger partial charge is 1.00 e. The Bertz CT molecular complexity index is 506. The predicted molar refractivity (Wildman–Crippen MR) is 48.7 cm³/mol. The zero-order valence-electron chi connectivity index (χ0n) is 8.48. The summed E-state index contributed by atoms with van der Waals surface area (Å²) < 4.78 is 57.5. The fourth-order valence-corrected chi connectivity index (χ4v) is 1.10. The molecule has 1 aromatic heterocycles. The lowest BCUT2D eigenvalue weighted by molar-refractivity contribution is -0.572. The van der Waals surface area contributed by atoms with Gasteiger partial charge in [0.05, 0.1) is 12.4 Å². The molecule has 0 unspecified atom stereocenters. The summed E-state index contributed by atoms with van der Waals surface area (Å²) in [7, 11) is -5.60. The number of carbonyl (C=O) groups excluding carboxylic acids is 1. The zero-order chi connectivity index (χ0) is 13.1. The lowest BCUT2D eigenvalue weighted by Crippen LogP contribution is -3.00. The number of amides is 1. The van der Waals surface area contributed by atoms with Crippen molar-refractivity contribution in [2.45, 2.75) is 5.51 Å². The molecule has 0 saturated heterocycles. The highest BCUT2D eigenvalue weighted by Gasteiger charge is 2.47. The number of halogens is 4. The van der Waals surface area contributed by atoms with Gasteiger partial charge in [-0.3, -0.25) is 0 Å². The van der Waals surface area contributed by atoms with Crippen LogP contribution >= 0.6 is 0 Å². The molecule has 1 amide bonds. The maximum atomic E-state index is 11.9. The van der Waals surface area contributed by atoms with E-state index in [4.69, 9.17) is 0 Å². The summed E-state index contributed by atoms with van der Waals surface area (Å²) in [5.74, 6) is 0. The fraction of sp³-hybridized carbons (Fsp3) is 0.143. The molecule has 0 aliphatic heterocycles. The molecule has 1 rings (SSSR count). The molecule has 0 fully saturated rings. The van der Waals surface area contributed by atoms with Crippen LogP contribution in [0.4, 0.5) is 18.0 Å². The molecule has 6 nitrogen and oxygen atoms in total. The van der Waals surface area contributed by atoms with E-state index in [1.54, 1.807) is 6.07 Å². The van der Waals surface area contributed by atoms with Crippen molar-refractivity contribution < 1.29 is 47.9 Å². The van der Waals surface area contributed by atoms with Crippen molar-refractivity contribution in [3.8, 4) is 0 Å². The Morgan fingerprint density at radius 3 is 2.06 bits per heavy atom. The Morgan fingerprint density at radius 2 is 1.61 bits per heavy atom. The van der Waals surface area contributed by atoms with Crippen molar-refractivity contribution in [1.29, 1.82) is 0 Å². The van der Waals surface area contributed by atoms with Crippen molar-refractivity contribution >= 4 is 16.1 Å². The molecule has 0 bridgehead atoms. The van der Waals surface area contributed by atoms with Gasteiger partial charge in [0.2, 0.25) is 0 Å². The number of aromatic nitrogens is 1. The quantitative estimate of drug-likeness (QED) is 0.438. The van der Waals surface area contributed by atoms with Gasteiger partial charge >= 0.3 is 21.6 Å². The van der Waals surface area contributed by atoms with E-state index in [0.29, 0.717) is 0 Å². The van der Waals surface area contributed by atoms with E-state index in [-0.39, 0.29) is 17.0 Å². The van der Waals surface area contributed by atoms with Crippen molar-refractivity contribution in [3.05, 3.63) is 30.6 Å². The molecule has 1 heterocycles. The lowest BCUT2D eigenvalue weighted by Gasteiger charge is -2.05. The molecule has 0 saturated carbocycles. The monoisotopic (exact) mass is 349 g/mol. The van der Waals surface area contributed by atoms with E-state index in [2.05, 4.69) is 0 Å². The number of hydrogen-bond donors (Lipinski definition) is 2. The average Bonchev–Trinajstić information content (AvgIpc) is 2.25. The molecular weight excluding hydrogens is 343 g/mol. The first-order valence-electron chi connectivity index (χ1n) is 4.09. The van der Waals surface area contributed by atoms with Crippen LogP contribution in [0.2, 0.25) is 0 Å². The van der Waals surface area contributed by atoms with Gasteiger partial charge in [-0.1, -0.05) is 6.07 Å². The third-order valence-corrected chi connectivity index (χ3v) is 2.53. The number of alkyl halides is 3.